The molecular formula is C27H30F2N8. The van der Waals surface area contributed by atoms with Gasteiger partial charge in [0, 0.05) is 55.2 Å². The van der Waals surface area contributed by atoms with E-state index in [4.69, 9.17) is 0 Å². The van der Waals surface area contributed by atoms with E-state index in [1.807, 2.05) is 25.3 Å². The van der Waals surface area contributed by atoms with Gasteiger partial charge in [-0.25, -0.2) is 28.7 Å². The number of likely N-dealkylation sites (tertiary alicyclic amines) is 1. The molecule has 4 aromatic rings. The number of benzene rings is 1. The molecule has 2 N–H and O–H groups in total. The lowest BCUT2D eigenvalue weighted by Gasteiger charge is -2.16. The fraction of sp³-hybridized carbons (Fsp3) is 0.407. The van der Waals surface area contributed by atoms with E-state index in [9.17, 15) is 8.78 Å². The molecule has 0 saturated carbocycles. The molecule has 0 spiro atoms. The number of anilines is 2. The molecule has 0 unspecified atom stereocenters. The first-order valence-corrected chi connectivity index (χ1v) is 12.7. The Bertz CT molecular complexity index is 1440. The number of halogens is 2. The van der Waals surface area contributed by atoms with Gasteiger partial charge in [-0.05, 0) is 63.4 Å². The van der Waals surface area contributed by atoms with Crippen molar-refractivity contribution < 1.29 is 8.78 Å². The summed E-state index contributed by atoms with van der Waals surface area (Å²) in [5.41, 5.74) is 2.60. The fourth-order valence-corrected chi connectivity index (χ4v) is 5.75. The van der Waals surface area contributed by atoms with Crippen LogP contribution in [0.3, 0.4) is 0 Å². The van der Waals surface area contributed by atoms with Crippen molar-refractivity contribution in [2.75, 3.05) is 25.0 Å². The van der Waals surface area contributed by atoms with Crippen molar-refractivity contribution in [1.82, 2.24) is 34.7 Å². The molecule has 1 aromatic carbocycles. The van der Waals surface area contributed by atoms with Gasteiger partial charge in [0.05, 0.1) is 11.7 Å². The quantitative estimate of drug-likeness (QED) is 0.397. The number of hydrogen-bond acceptors (Lipinski definition) is 7. The van der Waals surface area contributed by atoms with Crippen molar-refractivity contribution >= 4 is 22.8 Å². The number of pyridine rings is 1. The third-order valence-electron chi connectivity index (χ3n) is 7.40. The highest BCUT2D eigenvalue weighted by molar-refractivity contribution is 5.84. The summed E-state index contributed by atoms with van der Waals surface area (Å²) in [5.74, 6) is 1.16. The summed E-state index contributed by atoms with van der Waals surface area (Å²) < 4.78 is 31.8. The van der Waals surface area contributed by atoms with Gasteiger partial charge in [0.1, 0.15) is 23.0 Å². The summed E-state index contributed by atoms with van der Waals surface area (Å²) in [7, 11) is 0. The second kappa shape index (κ2) is 9.42. The molecule has 2 saturated heterocycles. The van der Waals surface area contributed by atoms with Crippen molar-refractivity contribution in [2.24, 2.45) is 5.92 Å². The summed E-state index contributed by atoms with van der Waals surface area (Å²) in [4.78, 5) is 19.8. The number of aryl methyl sites for hydroxylation is 1. The van der Waals surface area contributed by atoms with Crippen LogP contribution in [0.4, 0.5) is 20.5 Å². The maximum atomic E-state index is 15.0. The molecule has 0 aliphatic carbocycles. The molecule has 10 heteroatoms. The van der Waals surface area contributed by atoms with E-state index in [0.717, 1.165) is 43.9 Å². The van der Waals surface area contributed by atoms with E-state index in [0.29, 0.717) is 34.7 Å². The van der Waals surface area contributed by atoms with Crippen molar-refractivity contribution in [2.45, 2.75) is 45.8 Å². The lowest BCUT2D eigenvalue weighted by Crippen LogP contribution is -2.29. The van der Waals surface area contributed by atoms with Gasteiger partial charge in [0.2, 0.25) is 5.95 Å². The molecule has 2 aliphatic rings. The Morgan fingerprint density at radius 1 is 1.05 bits per heavy atom. The molecule has 2 fully saturated rings. The second-order valence-electron chi connectivity index (χ2n) is 10.3. The van der Waals surface area contributed by atoms with E-state index in [1.54, 1.807) is 24.5 Å². The van der Waals surface area contributed by atoms with Crippen LogP contribution in [-0.4, -0.2) is 55.1 Å². The van der Waals surface area contributed by atoms with Crippen LogP contribution in [0.2, 0.25) is 0 Å². The number of rotatable bonds is 6. The fourth-order valence-electron chi connectivity index (χ4n) is 5.75. The first kappa shape index (κ1) is 23.9. The van der Waals surface area contributed by atoms with Gasteiger partial charge in [-0.1, -0.05) is 0 Å². The van der Waals surface area contributed by atoms with Crippen LogP contribution in [0.25, 0.3) is 22.2 Å². The predicted molar refractivity (Wildman–Crippen MR) is 138 cm³/mol. The van der Waals surface area contributed by atoms with Crippen LogP contribution >= 0.6 is 0 Å². The highest BCUT2D eigenvalue weighted by Crippen LogP contribution is 2.32. The molecule has 6 rings (SSSR count). The van der Waals surface area contributed by atoms with Gasteiger partial charge in [-0.2, -0.15) is 0 Å². The van der Waals surface area contributed by atoms with E-state index < -0.39 is 11.6 Å². The van der Waals surface area contributed by atoms with Crippen LogP contribution in [0.1, 0.15) is 37.7 Å². The first-order valence-electron chi connectivity index (χ1n) is 12.7. The van der Waals surface area contributed by atoms with Gasteiger partial charge >= 0.3 is 0 Å². The van der Waals surface area contributed by atoms with Gasteiger partial charge < -0.3 is 15.2 Å². The van der Waals surface area contributed by atoms with Crippen LogP contribution in [0.15, 0.2) is 36.8 Å². The molecule has 0 radical (unpaired) electrons. The van der Waals surface area contributed by atoms with Gasteiger partial charge in [-0.3, -0.25) is 4.90 Å². The largest absolute Gasteiger partial charge is 0.326 e. The Hall–Kier alpha value is -3.50. The zero-order valence-electron chi connectivity index (χ0n) is 21.2. The van der Waals surface area contributed by atoms with Gasteiger partial charge in [-0.15, -0.1) is 0 Å². The normalized spacial score (nSPS) is 19.7. The van der Waals surface area contributed by atoms with E-state index in [1.165, 1.54) is 12.5 Å². The van der Waals surface area contributed by atoms with Crippen LogP contribution < -0.4 is 10.6 Å². The Balaban J connectivity index is 1.22. The minimum atomic E-state index is -0.544. The summed E-state index contributed by atoms with van der Waals surface area (Å²) in [5, 5.41) is 6.61. The topological polar surface area (TPSA) is 83.8 Å². The molecule has 0 amide bonds. The predicted octanol–water partition coefficient (Wildman–Crippen LogP) is 4.59. The van der Waals surface area contributed by atoms with Gasteiger partial charge in [0.25, 0.3) is 0 Å². The number of aromatic nitrogens is 5. The van der Waals surface area contributed by atoms with Crippen molar-refractivity contribution in [3.63, 3.8) is 0 Å². The van der Waals surface area contributed by atoms with Crippen molar-refractivity contribution in [1.29, 1.82) is 0 Å². The Labute approximate surface area is 214 Å². The molecular weight excluding hydrogens is 474 g/mol. The average Bonchev–Trinajstić information content (AvgIpc) is 3.54. The van der Waals surface area contributed by atoms with Crippen molar-refractivity contribution in [3.05, 3.63) is 59.8 Å². The lowest BCUT2D eigenvalue weighted by atomic mass is 10.0. The monoisotopic (exact) mass is 504 g/mol. The summed E-state index contributed by atoms with van der Waals surface area (Å²) >= 11 is 0. The molecule has 2 aliphatic heterocycles. The summed E-state index contributed by atoms with van der Waals surface area (Å²) in [6.07, 6.45) is 5.98. The Kier molecular flexibility index (Phi) is 6.08. The van der Waals surface area contributed by atoms with E-state index in [-0.39, 0.29) is 17.1 Å². The third kappa shape index (κ3) is 4.55. The third-order valence-corrected chi connectivity index (χ3v) is 7.40. The number of hydrogen-bond donors (Lipinski definition) is 2. The number of nitrogens with one attached hydrogen (secondary N) is 2. The number of fused-ring (bicyclic) bond motifs is 2. The minimum absolute atomic E-state index is 0.0843. The number of imidazole rings is 1. The van der Waals surface area contributed by atoms with Crippen molar-refractivity contribution in [3.8, 4) is 11.1 Å². The molecule has 37 heavy (non-hydrogen) atoms. The second-order valence-corrected chi connectivity index (χ2v) is 10.3. The Morgan fingerprint density at radius 3 is 2.62 bits per heavy atom. The molecule has 0 bridgehead atoms. The molecule has 3 aromatic heterocycles. The molecule has 192 valence electrons. The first-order chi connectivity index (χ1) is 17.9. The maximum Gasteiger partial charge on any atom is 0.228 e. The summed E-state index contributed by atoms with van der Waals surface area (Å²) in [6, 6.07) is 5.32. The van der Waals surface area contributed by atoms with E-state index in [2.05, 4.69) is 35.5 Å². The standard InChI is InChI=1S/C27H30F2N8/c1-15(2)37-16(3)34-26-21(28)6-19(7-24(26)37)20-8-25(31-11-22(20)29)35-27-32-9-17(10-33-27)12-36-13-18-4-5-30-23(18)14-36/h6-11,15,18,23,30H,4-5,12-14H2,1-3H3,(H,31,32,33,35)/t18-,23+/m1/s1. The average molecular weight is 505 g/mol. The van der Waals surface area contributed by atoms with E-state index >= 15 is 0 Å². The zero-order valence-corrected chi connectivity index (χ0v) is 21.2. The highest BCUT2D eigenvalue weighted by Gasteiger charge is 2.35. The summed E-state index contributed by atoms with van der Waals surface area (Å²) in [6.45, 7) is 9.94. The molecule has 8 nitrogen and oxygen atoms in total. The minimum Gasteiger partial charge on any atom is -0.326 e. The maximum absolute atomic E-state index is 15.0. The van der Waals surface area contributed by atoms with Crippen LogP contribution in [0, 0.1) is 24.5 Å². The SMILES string of the molecule is Cc1nc2c(F)cc(-c3cc(Nc4ncc(CN5C[C@H]6CCN[C@H]6C5)cn4)ncc3F)cc2n1C(C)C. The zero-order chi connectivity index (χ0) is 25.7. The highest BCUT2D eigenvalue weighted by atomic mass is 19.1. The molecule has 2 atom stereocenters. The number of nitrogens with zero attached hydrogens (tertiary/aromatic N) is 6. The Morgan fingerprint density at radius 2 is 1.86 bits per heavy atom. The lowest BCUT2D eigenvalue weighted by molar-refractivity contribution is 0.306. The molecule has 5 heterocycles. The van der Waals surface area contributed by atoms with Crippen LogP contribution in [-0.2, 0) is 6.54 Å². The van der Waals surface area contributed by atoms with Gasteiger partial charge in [0.15, 0.2) is 5.82 Å². The smallest absolute Gasteiger partial charge is 0.228 e. The van der Waals surface area contributed by atoms with Crippen LogP contribution in [0.5, 0.6) is 0 Å².